The van der Waals surface area contributed by atoms with Crippen LogP contribution >= 0.6 is 15.6 Å². The van der Waals surface area contributed by atoms with E-state index in [1.165, 1.54) is 225 Å². The molecule has 3 N–H and O–H groups in total. The average molecular weight is 1420 g/mol. The average Bonchev–Trinajstić information content (AvgIpc) is 1.01. The van der Waals surface area contributed by atoms with Crippen LogP contribution in [-0.4, -0.2) is 96.7 Å². The number of unbranched alkanes of at least 4 members (excludes halogenated alkanes) is 47. The van der Waals surface area contributed by atoms with Gasteiger partial charge in [-0.25, -0.2) is 9.13 Å². The van der Waals surface area contributed by atoms with Crippen LogP contribution in [0.25, 0.3) is 0 Å². The van der Waals surface area contributed by atoms with Crippen molar-refractivity contribution in [3.63, 3.8) is 0 Å². The summed E-state index contributed by atoms with van der Waals surface area (Å²) in [7, 11) is -9.91. The summed E-state index contributed by atoms with van der Waals surface area (Å²) in [4.78, 5) is 72.9. The molecule has 0 saturated heterocycles. The van der Waals surface area contributed by atoms with E-state index < -0.39 is 97.5 Å². The number of aliphatic hydroxyl groups excluding tert-OH is 1. The Labute approximate surface area is 594 Å². The molecule has 17 nitrogen and oxygen atoms in total. The molecule has 0 spiro atoms. The first kappa shape index (κ1) is 95.1. The van der Waals surface area contributed by atoms with Gasteiger partial charge in [-0.1, -0.05) is 356 Å². The molecule has 2 unspecified atom stereocenters. The van der Waals surface area contributed by atoms with Crippen LogP contribution in [0.5, 0.6) is 0 Å². The lowest BCUT2D eigenvalue weighted by molar-refractivity contribution is -0.161. The third-order valence-electron chi connectivity index (χ3n) is 18.2. The Morgan fingerprint density at radius 2 is 0.474 bits per heavy atom. The molecule has 0 aromatic heterocycles. The van der Waals surface area contributed by atoms with Gasteiger partial charge in [0.15, 0.2) is 12.2 Å². The van der Waals surface area contributed by atoms with E-state index in [9.17, 15) is 43.2 Å². The summed E-state index contributed by atoms with van der Waals surface area (Å²) in [5.74, 6) is -0.549. The van der Waals surface area contributed by atoms with E-state index in [4.69, 9.17) is 37.0 Å². The molecular weight excluding hydrogens is 1270 g/mol. The summed E-state index contributed by atoms with van der Waals surface area (Å²) >= 11 is 0. The normalized spacial score (nSPS) is 14.0. The van der Waals surface area contributed by atoms with Gasteiger partial charge in [-0.15, -0.1) is 0 Å². The Morgan fingerprint density at radius 3 is 0.701 bits per heavy atom. The minimum Gasteiger partial charge on any atom is -0.462 e. The number of rotatable bonds is 77. The maximum atomic E-state index is 13.1. The summed E-state index contributed by atoms with van der Waals surface area (Å²) < 4.78 is 68.6. The number of carbonyl (C=O) groups is 4. The fourth-order valence-electron chi connectivity index (χ4n) is 12.0. The number of hydrogen-bond acceptors (Lipinski definition) is 15. The summed E-state index contributed by atoms with van der Waals surface area (Å²) in [5, 5.41) is 10.6. The molecule has 0 bridgehead atoms. The Kier molecular flexibility index (Phi) is 68.4. The molecule has 0 heterocycles. The van der Waals surface area contributed by atoms with Crippen LogP contribution in [0.15, 0.2) is 0 Å². The van der Waals surface area contributed by atoms with Gasteiger partial charge in [0.1, 0.15) is 19.3 Å². The zero-order valence-corrected chi connectivity index (χ0v) is 65.2. The highest BCUT2D eigenvalue weighted by Gasteiger charge is 2.30. The smallest absolute Gasteiger partial charge is 0.462 e. The molecule has 0 aromatic carbocycles. The van der Waals surface area contributed by atoms with Crippen LogP contribution in [0.3, 0.4) is 0 Å². The number of phosphoric acid groups is 2. The van der Waals surface area contributed by atoms with Gasteiger partial charge >= 0.3 is 39.5 Å². The Morgan fingerprint density at radius 1 is 0.278 bits per heavy atom. The van der Waals surface area contributed by atoms with E-state index >= 15 is 0 Å². The van der Waals surface area contributed by atoms with E-state index in [1.54, 1.807) is 0 Å². The molecule has 0 aromatic rings. The summed E-state index contributed by atoms with van der Waals surface area (Å²) in [6.45, 7) is 9.63. The van der Waals surface area contributed by atoms with Crippen LogP contribution in [-0.2, 0) is 65.4 Å². The zero-order chi connectivity index (χ0) is 71.4. The molecular formula is C78H152O17P2. The fourth-order valence-corrected chi connectivity index (χ4v) is 13.6. The first-order valence-corrected chi connectivity index (χ1v) is 43.5. The first-order chi connectivity index (χ1) is 46.9. The second kappa shape index (κ2) is 69.8. The largest absolute Gasteiger partial charge is 0.472 e. The predicted octanol–water partition coefficient (Wildman–Crippen LogP) is 23.1. The minimum absolute atomic E-state index is 0.106. The zero-order valence-electron chi connectivity index (χ0n) is 63.4. The van der Waals surface area contributed by atoms with Gasteiger partial charge in [-0.05, 0) is 37.5 Å². The van der Waals surface area contributed by atoms with E-state index in [1.807, 2.05) is 0 Å². The fraction of sp³-hybridized carbons (Fsp3) is 0.949. The lowest BCUT2D eigenvalue weighted by Crippen LogP contribution is -2.30. The van der Waals surface area contributed by atoms with Gasteiger partial charge in [0, 0.05) is 25.7 Å². The molecule has 0 aliphatic carbocycles. The van der Waals surface area contributed by atoms with Gasteiger partial charge in [-0.3, -0.25) is 37.3 Å². The van der Waals surface area contributed by atoms with Crippen molar-refractivity contribution in [3.8, 4) is 0 Å². The van der Waals surface area contributed by atoms with Crippen molar-refractivity contribution >= 4 is 39.5 Å². The number of carbonyl (C=O) groups excluding carboxylic acids is 4. The van der Waals surface area contributed by atoms with E-state index in [2.05, 4.69) is 41.5 Å². The molecule has 0 rings (SSSR count). The lowest BCUT2D eigenvalue weighted by Gasteiger charge is -2.21. The molecule has 5 atom stereocenters. The van der Waals surface area contributed by atoms with Crippen molar-refractivity contribution in [2.75, 3.05) is 39.6 Å². The van der Waals surface area contributed by atoms with Crippen LogP contribution in [0.4, 0.5) is 0 Å². The summed E-state index contributed by atoms with van der Waals surface area (Å²) in [6.07, 6.45) is 58.1. The van der Waals surface area contributed by atoms with Crippen LogP contribution < -0.4 is 0 Å². The van der Waals surface area contributed by atoms with Gasteiger partial charge in [0.05, 0.1) is 26.4 Å². The third-order valence-corrected chi connectivity index (χ3v) is 20.1. The van der Waals surface area contributed by atoms with Gasteiger partial charge in [0.2, 0.25) is 0 Å². The van der Waals surface area contributed by atoms with Crippen molar-refractivity contribution in [1.29, 1.82) is 0 Å². The number of esters is 4. The number of hydrogen-bond donors (Lipinski definition) is 3. The number of aliphatic hydroxyl groups is 1. The molecule has 0 aliphatic heterocycles. The highest BCUT2D eigenvalue weighted by Crippen LogP contribution is 2.45. The second-order valence-electron chi connectivity index (χ2n) is 29.1. The summed E-state index contributed by atoms with van der Waals surface area (Å²) in [5.41, 5.74) is 0. The monoisotopic (exact) mass is 1420 g/mol. The molecule has 0 amide bonds. The Balaban J connectivity index is 5.24. The van der Waals surface area contributed by atoms with Crippen molar-refractivity contribution in [1.82, 2.24) is 0 Å². The molecule has 0 radical (unpaired) electrons. The highest BCUT2D eigenvalue weighted by molar-refractivity contribution is 7.47. The maximum Gasteiger partial charge on any atom is 0.472 e. The van der Waals surface area contributed by atoms with Crippen molar-refractivity contribution in [2.45, 2.75) is 426 Å². The van der Waals surface area contributed by atoms with Crippen LogP contribution in [0, 0.1) is 11.8 Å². The van der Waals surface area contributed by atoms with Crippen molar-refractivity contribution in [2.24, 2.45) is 11.8 Å². The molecule has 0 fully saturated rings. The van der Waals surface area contributed by atoms with Gasteiger partial charge in [0.25, 0.3) is 0 Å². The van der Waals surface area contributed by atoms with E-state index in [0.717, 1.165) is 102 Å². The van der Waals surface area contributed by atoms with Crippen molar-refractivity contribution in [3.05, 3.63) is 0 Å². The molecule has 0 aliphatic rings. The maximum absolute atomic E-state index is 13.1. The van der Waals surface area contributed by atoms with Crippen molar-refractivity contribution < 1.29 is 80.2 Å². The van der Waals surface area contributed by atoms with Gasteiger partial charge in [-0.2, -0.15) is 0 Å². The number of phosphoric ester groups is 2. The van der Waals surface area contributed by atoms with Crippen LogP contribution in [0.1, 0.15) is 408 Å². The molecule has 97 heavy (non-hydrogen) atoms. The Bertz CT molecular complexity index is 1870. The number of ether oxygens (including phenoxy) is 4. The van der Waals surface area contributed by atoms with Crippen LogP contribution in [0.2, 0.25) is 0 Å². The summed E-state index contributed by atoms with van der Waals surface area (Å²) in [6, 6.07) is 0. The van der Waals surface area contributed by atoms with E-state index in [0.29, 0.717) is 25.7 Å². The lowest BCUT2D eigenvalue weighted by atomic mass is 10.0. The standard InChI is InChI=1S/C78H152O17P2/c1-7-9-11-13-15-17-19-20-26-30-37-43-49-55-61-76(81)89-67-73(94-77(82)62-56-50-44-38-31-27-24-22-21-23-25-29-34-40-46-52-58-70(3)4)68-92-96(84,85)90-64-72(79)65-91-97(86,87)93-69-74(66-88-75(80)60-54-48-42-36-28-18-16-14-12-10-8-2)95-78(83)63-57-51-45-39-33-32-35-41-47-53-59-71(5)6/h70-74,79H,7-69H2,1-6H3,(H,84,85)(H,86,87)/t72-,73-,74-/m1/s1. The SMILES string of the molecule is CCCCCCCCCCCCCCCCC(=O)OC[C@H](COP(=O)(O)OC[C@@H](O)COP(=O)(O)OC[C@@H](COC(=O)CCCCCCCCCCCCC)OC(=O)CCCCCCCCCCCCC(C)C)OC(=O)CCCCCCCCCCCCCCCCCCC(C)C. The van der Waals surface area contributed by atoms with E-state index in [-0.39, 0.29) is 25.7 Å². The Hall–Kier alpha value is -1.94. The predicted molar refractivity (Wildman–Crippen MR) is 395 cm³/mol. The third kappa shape index (κ3) is 72.2. The second-order valence-corrected chi connectivity index (χ2v) is 32.0. The molecule has 19 heteroatoms. The minimum atomic E-state index is -4.96. The molecule has 0 saturated carbocycles. The molecule has 576 valence electrons. The highest BCUT2D eigenvalue weighted by atomic mass is 31.2. The quantitative estimate of drug-likeness (QED) is 0.0222. The van der Waals surface area contributed by atoms with Gasteiger partial charge < -0.3 is 33.8 Å². The topological polar surface area (TPSA) is 237 Å². The first-order valence-electron chi connectivity index (χ1n) is 40.5.